The number of aryl methyl sites for hydroxylation is 1. The van der Waals surface area contributed by atoms with Gasteiger partial charge in [0, 0.05) is 31.1 Å². The van der Waals surface area contributed by atoms with E-state index in [1.807, 2.05) is 18.4 Å². The van der Waals surface area contributed by atoms with Crippen molar-refractivity contribution in [3.05, 3.63) is 21.9 Å². The van der Waals surface area contributed by atoms with Crippen LogP contribution in [-0.2, 0) is 16.8 Å². The SMILES string of the molecule is Cc1ccsc1CNS(=O)(=O)N(C)CCCNC(C)C. The minimum atomic E-state index is -3.39. The molecule has 1 aromatic heterocycles. The molecule has 1 heterocycles. The van der Waals surface area contributed by atoms with Gasteiger partial charge in [0.1, 0.15) is 0 Å². The van der Waals surface area contributed by atoms with Crippen molar-refractivity contribution < 1.29 is 8.42 Å². The molecule has 2 N–H and O–H groups in total. The third-order valence-electron chi connectivity index (χ3n) is 3.00. The van der Waals surface area contributed by atoms with Gasteiger partial charge in [0.2, 0.25) is 0 Å². The molecular weight excluding hydrogens is 294 g/mol. The zero-order valence-corrected chi connectivity index (χ0v) is 14.3. The average molecular weight is 319 g/mol. The molecule has 116 valence electrons. The van der Waals surface area contributed by atoms with E-state index < -0.39 is 10.2 Å². The van der Waals surface area contributed by atoms with Gasteiger partial charge >= 0.3 is 0 Å². The summed E-state index contributed by atoms with van der Waals surface area (Å²) in [5, 5.41) is 5.25. The molecule has 0 radical (unpaired) electrons. The summed E-state index contributed by atoms with van der Waals surface area (Å²) in [7, 11) is -1.78. The molecule has 20 heavy (non-hydrogen) atoms. The van der Waals surface area contributed by atoms with E-state index in [2.05, 4.69) is 23.9 Å². The van der Waals surface area contributed by atoms with E-state index in [-0.39, 0.29) is 0 Å². The molecule has 0 fully saturated rings. The van der Waals surface area contributed by atoms with Crippen LogP contribution in [-0.4, -0.2) is 38.9 Å². The van der Waals surface area contributed by atoms with Gasteiger partial charge in [-0.3, -0.25) is 0 Å². The van der Waals surface area contributed by atoms with E-state index >= 15 is 0 Å². The lowest BCUT2D eigenvalue weighted by atomic mass is 10.3. The highest BCUT2D eigenvalue weighted by molar-refractivity contribution is 7.87. The van der Waals surface area contributed by atoms with Crippen LogP contribution in [0, 0.1) is 6.92 Å². The van der Waals surface area contributed by atoms with Gasteiger partial charge in [0.25, 0.3) is 10.2 Å². The van der Waals surface area contributed by atoms with Crippen LogP contribution in [0.3, 0.4) is 0 Å². The fraction of sp³-hybridized carbons (Fsp3) is 0.692. The quantitative estimate of drug-likeness (QED) is 0.681. The fourth-order valence-corrected chi connectivity index (χ4v) is 3.52. The number of nitrogens with zero attached hydrogens (tertiary/aromatic N) is 1. The average Bonchev–Trinajstić information content (AvgIpc) is 2.77. The van der Waals surface area contributed by atoms with Crippen molar-refractivity contribution in [2.24, 2.45) is 0 Å². The van der Waals surface area contributed by atoms with Crippen molar-refractivity contribution in [3.63, 3.8) is 0 Å². The Labute approximate surface area is 126 Å². The maximum Gasteiger partial charge on any atom is 0.279 e. The van der Waals surface area contributed by atoms with Crippen LogP contribution in [0.5, 0.6) is 0 Å². The highest BCUT2D eigenvalue weighted by atomic mass is 32.2. The second-order valence-corrected chi connectivity index (χ2v) is 8.00. The summed E-state index contributed by atoms with van der Waals surface area (Å²) in [4.78, 5) is 1.06. The van der Waals surface area contributed by atoms with E-state index in [9.17, 15) is 8.42 Å². The Bertz CT molecular complexity index is 497. The van der Waals surface area contributed by atoms with E-state index in [1.54, 1.807) is 18.4 Å². The van der Waals surface area contributed by atoms with Gasteiger partial charge in [0.15, 0.2) is 0 Å². The number of hydrogen-bond donors (Lipinski definition) is 2. The molecule has 0 saturated heterocycles. The molecule has 0 unspecified atom stereocenters. The predicted molar refractivity (Wildman–Crippen MR) is 85.2 cm³/mol. The summed E-state index contributed by atoms with van der Waals surface area (Å²) in [5.41, 5.74) is 1.13. The zero-order valence-electron chi connectivity index (χ0n) is 12.6. The van der Waals surface area contributed by atoms with Gasteiger partial charge in [-0.25, -0.2) is 0 Å². The van der Waals surface area contributed by atoms with Crippen LogP contribution in [0.4, 0.5) is 0 Å². The molecule has 0 aliphatic heterocycles. The lowest BCUT2D eigenvalue weighted by Crippen LogP contribution is -2.39. The maximum absolute atomic E-state index is 12.1. The Morgan fingerprint density at radius 3 is 2.65 bits per heavy atom. The maximum atomic E-state index is 12.1. The Hall–Kier alpha value is -0.470. The molecule has 5 nitrogen and oxygen atoms in total. The Morgan fingerprint density at radius 1 is 1.40 bits per heavy atom. The molecule has 1 aromatic rings. The molecule has 0 atom stereocenters. The summed E-state index contributed by atoms with van der Waals surface area (Å²) < 4.78 is 28.1. The summed E-state index contributed by atoms with van der Waals surface area (Å²) in [6.07, 6.45) is 0.799. The van der Waals surface area contributed by atoms with Crippen molar-refractivity contribution in [1.82, 2.24) is 14.3 Å². The Morgan fingerprint density at radius 2 is 2.10 bits per heavy atom. The summed E-state index contributed by atoms with van der Waals surface area (Å²) in [6.45, 7) is 7.83. The third-order valence-corrected chi connectivity index (χ3v) is 5.53. The minimum absolute atomic E-state index is 0.362. The normalized spacial score (nSPS) is 12.5. The second kappa shape index (κ2) is 8.09. The lowest BCUT2D eigenvalue weighted by Gasteiger charge is -2.18. The van der Waals surface area contributed by atoms with Gasteiger partial charge in [-0.1, -0.05) is 13.8 Å². The Balaban J connectivity index is 2.37. The van der Waals surface area contributed by atoms with E-state index in [4.69, 9.17) is 0 Å². The molecule has 7 heteroatoms. The fourth-order valence-electron chi connectivity index (χ4n) is 1.66. The van der Waals surface area contributed by atoms with E-state index in [0.717, 1.165) is 23.4 Å². The van der Waals surface area contributed by atoms with Gasteiger partial charge in [0.05, 0.1) is 0 Å². The number of hydrogen-bond acceptors (Lipinski definition) is 4. The van der Waals surface area contributed by atoms with Gasteiger partial charge in [-0.2, -0.15) is 17.4 Å². The van der Waals surface area contributed by atoms with Crippen LogP contribution in [0.25, 0.3) is 0 Å². The van der Waals surface area contributed by atoms with Crippen molar-refractivity contribution in [3.8, 4) is 0 Å². The molecule has 0 amide bonds. The monoisotopic (exact) mass is 319 g/mol. The van der Waals surface area contributed by atoms with Gasteiger partial charge in [-0.15, -0.1) is 11.3 Å². The largest absolute Gasteiger partial charge is 0.314 e. The molecule has 0 aliphatic carbocycles. The van der Waals surface area contributed by atoms with Crippen LogP contribution in [0.1, 0.15) is 30.7 Å². The molecule has 1 rings (SSSR count). The zero-order chi connectivity index (χ0) is 15.2. The second-order valence-electron chi connectivity index (χ2n) is 5.14. The molecule has 0 aromatic carbocycles. The van der Waals surface area contributed by atoms with Crippen LogP contribution >= 0.6 is 11.3 Å². The van der Waals surface area contributed by atoms with Crippen molar-refractivity contribution in [2.45, 2.75) is 39.8 Å². The van der Waals surface area contributed by atoms with E-state index in [0.29, 0.717) is 19.1 Å². The standard InChI is InChI=1S/C13H25N3O2S2/c1-11(2)14-7-5-8-16(4)20(17,18)15-10-13-12(3)6-9-19-13/h6,9,11,14-15H,5,7-8,10H2,1-4H3. The third kappa shape index (κ3) is 5.88. The summed E-state index contributed by atoms with van der Waals surface area (Å²) in [6, 6.07) is 2.42. The van der Waals surface area contributed by atoms with Gasteiger partial charge < -0.3 is 5.32 Å². The molecule has 0 spiro atoms. The van der Waals surface area contributed by atoms with Gasteiger partial charge in [-0.05, 0) is 36.9 Å². The van der Waals surface area contributed by atoms with Crippen LogP contribution in [0.2, 0.25) is 0 Å². The molecule has 0 aliphatic rings. The molecule has 0 bridgehead atoms. The first-order valence-electron chi connectivity index (χ1n) is 6.80. The van der Waals surface area contributed by atoms with Crippen molar-refractivity contribution in [1.29, 1.82) is 0 Å². The van der Waals surface area contributed by atoms with E-state index in [1.165, 1.54) is 4.31 Å². The minimum Gasteiger partial charge on any atom is -0.314 e. The first-order valence-corrected chi connectivity index (χ1v) is 9.12. The van der Waals surface area contributed by atoms with Crippen LogP contribution in [0.15, 0.2) is 11.4 Å². The lowest BCUT2D eigenvalue weighted by molar-refractivity contribution is 0.439. The smallest absolute Gasteiger partial charge is 0.279 e. The highest BCUT2D eigenvalue weighted by Crippen LogP contribution is 2.15. The topological polar surface area (TPSA) is 61.4 Å². The van der Waals surface area contributed by atoms with Crippen molar-refractivity contribution in [2.75, 3.05) is 20.1 Å². The highest BCUT2D eigenvalue weighted by Gasteiger charge is 2.17. The Kier molecular flexibility index (Phi) is 7.11. The summed E-state index contributed by atoms with van der Waals surface area (Å²) >= 11 is 1.57. The number of thiophene rings is 1. The first kappa shape index (κ1) is 17.6. The number of nitrogens with one attached hydrogen (secondary N) is 2. The number of rotatable bonds is 9. The van der Waals surface area contributed by atoms with Crippen molar-refractivity contribution >= 4 is 21.5 Å². The predicted octanol–water partition coefficient (Wildman–Crippen LogP) is 1.71. The van der Waals surface area contributed by atoms with Crippen LogP contribution < -0.4 is 10.0 Å². The first-order chi connectivity index (χ1) is 9.33. The molecular formula is C13H25N3O2S2. The molecule has 0 saturated carbocycles. The summed E-state index contributed by atoms with van der Waals surface area (Å²) in [5.74, 6) is 0.